The molecule has 0 amide bonds. The molecular formula is C23H24FN3O. The van der Waals surface area contributed by atoms with Gasteiger partial charge >= 0.3 is 0 Å². The van der Waals surface area contributed by atoms with Gasteiger partial charge in [0.1, 0.15) is 17.7 Å². The van der Waals surface area contributed by atoms with Crippen molar-refractivity contribution in [2.45, 2.75) is 26.4 Å². The van der Waals surface area contributed by atoms with Gasteiger partial charge in [0.05, 0.1) is 12.3 Å². The second-order valence-corrected chi connectivity index (χ2v) is 7.43. The number of hydrogen-bond donors (Lipinski definition) is 2. The lowest BCUT2D eigenvalue weighted by Crippen LogP contribution is -2.12. The molecule has 0 spiro atoms. The minimum Gasteiger partial charge on any atom is -0.494 e. The standard InChI is InChI=1S/C23H24FN3O/c1-15(2)10-11-28-18-7-5-6-16(12-18)22-26-21-13-17(14-25-23(21)27-22)19-8-3-4-9-20(19)24/h3-9,12-15,22,26H,10-11H2,1-2H3,(H,25,27). The third-order valence-electron chi connectivity index (χ3n) is 4.81. The molecule has 1 aliphatic rings. The van der Waals surface area contributed by atoms with Gasteiger partial charge in [-0.05, 0) is 42.2 Å². The number of benzene rings is 2. The number of nitrogens with zero attached hydrogens (tertiary/aromatic N) is 1. The first-order valence-corrected chi connectivity index (χ1v) is 9.61. The molecule has 28 heavy (non-hydrogen) atoms. The highest BCUT2D eigenvalue weighted by Gasteiger charge is 2.23. The van der Waals surface area contributed by atoms with Crippen LogP contribution in [0.4, 0.5) is 15.9 Å². The quantitative estimate of drug-likeness (QED) is 0.566. The summed E-state index contributed by atoms with van der Waals surface area (Å²) in [6.07, 6.45) is 2.62. The lowest BCUT2D eigenvalue weighted by Gasteiger charge is -2.14. The van der Waals surface area contributed by atoms with E-state index in [1.807, 2.05) is 36.4 Å². The Morgan fingerprint density at radius 3 is 2.75 bits per heavy atom. The maximum Gasteiger partial charge on any atom is 0.151 e. The van der Waals surface area contributed by atoms with E-state index in [-0.39, 0.29) is 12.0 Å². The number of anilines is 2. The van der Waals surface area contributed by atoms with Crippen LogP contribution < -0.4 is 15.4 Å². The first kappa shape index (κ1) is 18.3. The van der Waals surface area contributed by atoms with E-state index in [2.05, 4.69) is 29.5 Å². The van der Waals surface area contributed by atoms with Gasteiger partial charge in [0, 0.05) is 17.3 Å². The Kier molecular flexibility index (Phi) is 5.15. The van der Waals surface area contributed by atoms with Crippen molar-refractivity contribution in [2.75, 3.05) is 17.2 Å². The van der Waals surface area contributed by atoms with Crippen molar-refractivity contribution >= 4 is 11.5 Å². The summed E-state index contributed by atoms with van der Waals surface area (Å²) >= 11 is 0. The van der Waals surface area contributed by atoms with Crippen LogP contribution in [0.15, 0.2) is 60.8 Å². The molecule has 0 aliphatic carbocycles. The monoisotopic (exact) mass is 377 g/mol. The fraction of sp³-hybridized carbons (Fsp3) is 0.261. The van der Waals surface area contributed by atoms with Crippen molar-refractivity contribution in [3.63, 3.8) is 0 Å². The molecule has 0 radical (unpaired) electrons. The smallest absolute Gasteiger partial charge is 0.151 e. The van der Waals surface area contributed by atoms with E-state index in [9.17, 15) is 4.39 Å². The van der Waals surface area contributed by atoms with Gasteiger partial charge in [-0.15, -0.1) is 0 Å². The normalized spacial score (nSPS) is 15.1. The average molecular weight is 377 g/mol. The molecule has 1 aliphatic heterocycles. The van der Waals surface area contributed by atoms with Gasteiger partial charge in [-0.1, -0.05) is 44.2 Å². The number of fused-ring (bicyclic) bond motifs is 1. The van der Waals surface area contributed by atoms with Gasteiger partial charge in [0.15, 0.2) is 5.82 Å². The second kappa shape index (κ2) is 7.89. The van der Waals surface area contributed by atoms with E-state index < -0.39 is 0 Å². The number of halogens is 1. The van der Waals surface area contributed by atoms with E-state index in [1.165, 1.54) is 6.07 Å². The molecule has 1 atom stereocenters. The summed E-state index contributed by atoms with van der Waals surface area (Å²) in [4.78, 5) is 4.47. The Bertz CT molecular complexity index is 974. The van der Waals surface area contributed by atoms with E-state index >= 15 is 0 Å². The molecule has 1 aromatic heterocycles. The number of ether oxygens (including phenoxy) is 1. The summed E-state index contributed by atoms with van der Waals surface area (Å²) in [6, 6.07) is 16.7. The highest BCUT2D eigenvalue weighted by Crippen LogP contribution is 2.37. The van der Waals surface area contributed by atoms with Crippen LogP contribution in [0.3, 0.4) is 0 Å². The Morgan fingerprint density at radius 1 is 1.07 bits per heavy atom. The zero-order valence-corrected chi connectivity index (χ0v) is 16.1. The van der Waals surface area contributed by atoms with E-state index in [0.29, 0.717) is 18.1 Å². The molecule has 1 unspecified atom stereocenters. The molecular weight excluding hydrogens is 353 g/mol. The van der Waals surface area contributed by atoms with Gasteiger partial charge in [-0.25, -0.2) is 9.37 Å². The highest BCUT2D eigenvalue weighted by molar-refractivity contribution is 5.78. The molecule has 0 bridgehead atoms. The SMILES string of the molecule is CC(C)CCOc1cccc(C2Nc3cc(-c4ccccc4F)cnc3N2)c1. The minimum atomic E-state index is -0.252. The summed E-state index contributed by atoms with van der Waals surface area (Å²) in [5.41, 5.74) is 3.21. The van der Waals surface area contributed by atoms with Gasteiger partial charge in [-0.3, -0.25) is 0 Å². The molecule has 144 valence electrons. The number of hydrogen-bond acceptors (Lipinski definition) is 4. The van der Waals surface area contributed by atoms with Crippen molar-refractivity contribution in [1.29, 1.82) is 0 Å². The molecule has 2 heterocycles. The first-order valence-electron chi connectivity index (χ1n) is 9.61. The summed E-state index contributed by atoms with van der Waals surface area (Å²) < 4.78 is 20.0. The second-order valence-electron chi connectivity index (χ2n) is 7.43. The van der Waals surface area contributed by atoms with Crippen LogP contribution >= 0.6 is 0 Å². The van der Waals surface area contributed by atoms with Gasteiger partial charge in [0.2, 0.25) is 0 Å². The third kappa shape index (κ3) is 3.93. The van der Waals surface area contributed by atoms with Gasteiger partial charge < -0.3 is 15.4 Å². The van der Waals surface area contributed by atoms with Crippen LogP contribution in [0.25, 0.3) is 11.1 Å². The van der Waals surface area contributed by atoms with Crippen LogP contribution in [-0.2, 0) is 0 Å². The van der Waals surface area contributed by atoms with Crippen LogP contribution in [0.2, 0.25) is 0 Å². The maximum absolute atomic E-state index is 14.1. The fourth-order valence-corrected chi connectivity index (χ4v) is 3.22. The summed E-state index contributed by atoms with van der Waals surface area (Å²) in [5, 5.41) is 6.80. The van der Waals surface area contributed by atoms with Crippen molar-refractivity contribution in [3.8, 4) is 16.9 Å². The summed E-state index contributed by atoms with van der Waals surface area (Å²) in [7, 11) is 0. The number of nitrogens with one attached hydrogen (secondary N) is 2. The molecule has 5 heteroatoms. The lowest BCUT2D eigenvalue weighted by atomic mass is 10.1. The van der Waals surface area contributed by atoms with Crippen LogP contribution in [0.1, 0.15) is 32.0 Å². The van der Waals surface area contributed by atoms with E-state index in [4.69, 9.17) is 4.74 Å². The Hall–Kier alpha value is -3.08. The number of aromatic nitrogens is 1. The largest absolute Gasteiger partial charge is 0.494 e. The predicted octanol–water partition coefficient (Wildman–Crippen LogP) is 5.85. The molecule has 0 saturated heterocycles. The third-order valence-corrected chi connectivity index (χ3v) is 4.81. The van der Waals surface area contributed by atoms with E-state index in [0.717, 1.165) is 34.8 Å². The highest BCUT2D eigenvalue weighted by atomic mass is 19.1. The molecule has 2 aromatic carbocycles. The van der Waals surface area contributed by atoms with Crippen molar-refractivity contribution in [3.05, 3.63) is 72.2 Å². The maximum atomic E-state index is 14.1. The van der Waals surface area contributed by atoms with Crippen LogP contribution in [0, 0.1) is 11.7 Å². The van der Waals surface area contributed by atoms with Crippen LogP contribution in [-0.4, -0.2) is 11.6 Å². The van der Waals surface area contributed by atoms with Gasteiger partial charge in [-0.2, -0.15) is 0 Å². The van der Waals surface area contributed by atoms with Crippen molar-refractivity contribution < 1.29 is 9.13 Å². The lowest BCUT2D eigenvalue weighted by molar-refractivity contribution is 0.289. The average Bonchev–Trinajstić information content (AvgIpc) is 3.12. The van der Waals surface area contributed by atoms with Gasteiger partial charge in [0.25, 0.3) is 0 Å². The number of rotatable bonds is 6. The summed E-state index contributed by atoms with van der Waals surface area (Å²) in [5.74, 6) is 1.98. The molecule has 0 fully saturated rings. The van der Waals surface area contributed by atoms with Crippen molar-refractivity contribution in [1.82, 2.24) is 4.98 Å². The molecule has 4 rings (SSSR count). The minimum absolute atomic E-state index is 0.105. The zero-order valence-electron chi connectivity index (χ0n) is 16.1. The predicted molar refractivity (Wildman–Crippen MR) is 111 cm³/mol. The fourth-order valence-electron chi connectivity index (χ4n) is 3.22. The molecule has 2 N–H and O–H groups in total. The molecule has 3 aromatic rings. The topological polar surface area (TPSA) is 46.2 Å². The summed E-state index contributed by atoms with van der Waals surface area (Å²) in [6.45, 7) is 5.08. The van der Waals surface area contributed by atoms with E-state index in [1.54, 1.807) is 18.3 Å². The Labute approximate surface area is 164 Å². The Morgan fingerprint density at radius 2 is 1.93 bits per heavy atom. The first-order chi connectivity index (χ1) is 13.6. The molecule has 0 saturated carbocycles. The molecule has 4 nitrogen and oxygen atoms in total. The number of pyridine rings is 1. The zero-order chi connectivity index (χ0) is 19.5. The van der Waals surface area contributed by atoms with Crippen LogP contribution in [0.5, 0.6) is 5.75 Å². The Balaban J connectivity index is 1.50. The van der Waals surface area contributed by atoms with Crippen molar-refractivity contribution in [2.24, 2.45) is 5.92 Å².